The van der Waals surface area contributed by atoms with E-state index in [4.69, 9.17) is 4.74 Å². The van der Waals surface area contributed by atoms with Gasteiger partial charge in [-0.05, 0) is 48.9 Å². The maximum absolute atomic E-state index is 13.6. The standard InChI is InChI=1S/C29H34N4O3/c1-21-17-33(22(2)20-34)29(35)26-15-25(10-9-23-7-5-4-6-8-23)16-31-28(26)36-27(21)19-32(3)18-24-11-13-30-14-12-24/h4-16,21-22,27,34H,17-20H2,1-3H3/b10-9+/t21-,22-,27+/m1/s1. The SMILES string of the molecule is C[C@@H]1CN([C@H](C)CO)C(=O)c2cc(/C=C/c3ccccc3)cnc2O[C@H]1CN(C)Cc1ccncc1. The Hall–Kier alpha value is -3.55. The van der Waals surface area contributed by atoms with Crippen LogP contribution in [0.3, 0.4) is 0 Å². The molecule has 0 saturated heterocycles. The van der Waals surface area contributed by atoms with Gasteiger partial charge in [0.1, 0.15) is 11.7 Å². The number of ether oxygens (including phenoxy) is 1. The van der Waals surface area contributed by atoms with Crippen molar-refractivity contribution in [3.63, 3.8) is 0 Å². The van der Waals surface area contributed by atoms with E-state index in [1.165, 1.54) is 5.56 Å². The maximum Gasteiger partial charge on any atom is 0.259 e. The molecular weight excluding hydrogens is 452 g/mol. The summed E-state index contributed by atoms with van der Waals surface area (Å²) in [5, 5.41) is 9.88. The average molecular weight is 487 g/mol. The third-order valence-electron chi connectivity index (χ3n) is 6.50. The molecule has 4 rings (SSSR count). The van der Waals surface area contributed by atoms with Crippen LogP contribution in [0.4, 0.5) is 0 Å². The molecule has 0 fully saturated rings. The molecule has 0 radical (unpaired) electrons. The molecule has 0 unspecified atom stereocenters. The Kier molecular flexibility index (Phi) is 8.46. The molecule has 1 aliphatic rings. The number of hydrogen-bond donors (Lipinski definition) is 1. The molecule has 1 aliphatic heterocycles. The van der Waals surface area contributed by atoms with Crippen molar-refractivity contribution < 1.29 is 14.6 Å². The van der Waals surface area contributed by atoms with Crippen molar-refractivity contribution in [1.82, 2.24) is 19.8 Å². The lowest BCUT2D eigenvalue weighted by Gasteiger charge is -2.37. The summed E-state index contributed by atoms with van der Waals surface area (Å²) < 4.78 is 6.41. The minimum atomic E-state index is -0.315. The molecule has 3 atom stereocenters. The molecule has 2 aromatic heterocycles. The first kappa shape index (κ1) is 25.5. The molecule has 0 spiro atoms. The quantitative estimate of drug-likeness (QED) is 0.519. The van der Waals surface area contributed by atoms with Gasteiger partial charge in [0, 0.05) is 44.1 Å². The van der Waals surface area contributed by atoms with Crippen LogP contribution in [0.5, 0.6) is 5.88 Å². The molecule has 0 aliphatic carbocycles. The van der Waals surface area contributed by atoms with Crippen molar-refractivity contribution in [2.24, 2.45) is 5.92 Å². The van der Waals surface area contributed by atoms with Crippen molar-refractivity contribution in [3.05, 3.63) is 89.4 Å². The zero-order chi connectivity index (χ0) is 25.5. The smallest absolute Gasteiger partial charge is 0.259 e. The molecule has 1 N–H and O–H groups in total. The number of aromatic nitrogens is 2. The number of fused-ring (bicyclic) bond motifs is 1. The van der Waals surface area contributed by atoms with Crippen LogP contribution < -0.4 is 4.74 Å². The number of amides is 1. The zero-order valence-electron chi connectivity index (χ0n) is 21.1. The maximum atomic E-state index is 13.6. The van der Waals surface area contributed by atoms with Gasteiger partial charge in [0.25, 0.3) is 5.91 Å². The predicted octanol–water partition coefficient (Wildman–Crippen LogP) is 4.00. The van der Waals surface area contributed by atoms with E-state index in [1.807, 2.05) is 67.6 Å². The van der Waals surface area contributed by atoms with Gasteiger partial charge in [-0.15, -0.1) is 0 Å². The number of hydrogen-bond acceptors (Lipinski definition) is 6. The predicted molar refractivity (Wildman–Crippen MR) is 141 cm³/mol. The highest BCUT2D eigenvalue weighted by Gasteiger charge is 2.34. The molecule has 7 heteroatoms. The molecule has 0 saturated carbocycles. The third-order valence-corrected chi connectivity index (χ3v) is 6.50. The van der Waals surface area contributed by atoms with E-state index in [0.29, 0.717) is 24.5 Å². The zero-order valence-corrected chi connectivity index (χ0v) is 21.1. The van der Waals surface area contributed by atoms with Gasteiger partial charge in [0.15, 0.2) is 0 Å². The van der Waals surface area contributed by atoms with Crippen molar-refractivity contribution in [3.8, 4) is 5.88 Å². The Morgan fingerprint density at radius 1 is 1.17 bits per heavy atom. The highest BCUT2D eigenvalue weighted by molar-refractivity contribution is 5.97. The fraction of sp³-hybridized carbons (Fsp3) is 0.345. The molecule has 1 aromatic carbocycles. The Balaban J connectivity index is 1.61. The molecule has 1 amide bonds. The van der Waals surface area contributed by atoms with Crippen LogP contribution in [-0.2, 0) is 6.54 Å². The number of carbonyl (C=O) groups excluding carboxylic acids is 1. The first-order chi connectivity index (χ1) is 17.4. The van der Waals surface area contributed by atoms with E-state index < -0.39 is 0 Å². The van der Waals surface area contributed by atoms with Gasteiger partial charge >= 0.3 is 0 Å². The minimum absolute atomic E-state index is 0.0374. The fourth-order valence-corrected chi connectivity index (χ4v) is 4.36. The molecule has 7 nitrogen and oxygen atoms in total. The van der Waals surface area contributed by atoms with Gasteiger partial charge in [-0.3, -0.25) is 14.7 Å². The van der Waals surface area contributed by atoms with Crippen LogP contribution in [0, 0.1) is 5.92 Å². The van der Waals surface area contributed by atoms with E-state index in [1.54, 1.807) is 23.5 Å². The Morgan fingerprint density at radius 3 is 2.61 bits per heavy atom. The monoisotopic (exact) mass is 486 g/mol. The van der Waals surface area contributed by atoms with E-state index >= 15 is 0 Å². The lowest BCUT2D eigenvalue weighted by molar-refractivity contribution is 0.0325. The van der Waals surface area contributed by atoms with Gasteiger partial charge in [-0.25, -0.2) is 4.98 Å². The van der Waals surface area contributed by atoms with E-state index in [2.05, 4.69) is 28.8 Å². The number of pyridine rings is 2. The van der Waals surface area contributed by atoms with Crippen LogP contribution in [0.1, 0.15) is 40.9 Å². The molecular formula is C29H34N4O3. The fourth-order valence-electron chi connectivity index (χ4n) is 4.36. The Labute approximate surface area is 213 Å². The van der Waals surface area contributed by atoms with Crippen LogP contribution in [0.25, 0.3) is 12.2 Å². The highest BCUT2D eigenvalue weighted by atomic mass is 16.5. The van der Waals surface area contributed by atoms with Crippen molar-refractivity contribution >= 4 is 18.1 Å². The van der Waals surface area contributed by atoms with Gasteiger partial charge in [-0.2, -0.15) is 0 Å². The average Bonchev–Trinajstić information content (AvgIpc) is 2.90. The lowest BCUT2D eigenvalue weighted by Crippen LogP contribution is -2.49. The van der Waals surface area contributed by atoms with Crippen LogP contribution >= 0.6 is 0 Å². The number of carbonyl (C=O) groups is 1. The second-order valence-electron chi connectivity index (χ2n) is 9.54. The second-order valence-corrected chi connectivity index (χ2v) is 9.54. The highest BCUT2D eigenvalue weighted by Crippen LogP contribution is 2.28. The second kappa shape index (κ2) is 11.9. The summed E-state index contributed by atoms with van der Waals surface area (Å²) in [5.41, 5.74) is 3.46. The minimum Gasteiger partial charge on any atom is -0.472 e. The molecule has 3 heterocycles. The lowest BCUT2D eigenvalue weighted by atomic mass is 9.99. The van der Waals surface area contributed by atoms with Gasteiger partial charge in [0.05, 0.1) is 12.6 Å². The Bertz CT molecular complexity index is 1170. The number of aliphatic hydroxyl groups excluding tert-OH is 1. The first-order valence-electron chi connectivity index (χ1n) is 12.3. The number of rotatable bonds is 8. The number of nitrogens with zero attached hydrogens (tertiary/aromatic N) is 4. The number of likely N-dealkylation sites (N-methyl/N-ethyl adjacent to an activating group) is 1. The van der Waals surface area contributed by atoms with E-state index in [0.717, 1.165) is 17.7 Å². The summed E-state index contributed by atoms with van der Waals surface area (Å²) in [6.45, 7) is 5.74. The summed E-state index contributed by atoms with van der Waals surface area (Å²) in [5.74, 6) is 0.195. The summed E-state index contributed by atoms with van der Waals surface area (Å²) in [6, 6.07) is 15.5. The largest absolute Gasteiger partial charge is 0.472 e. The topological polar surface area (TPSA) is 78.8 Å². The molecule has 0 bridgehead atoms. The summed E-state index contributed by atoms with van der Waals surface area (Å²) >= 11 is 0. The van der Waals surface area contributed by atoms with Crippen LogP contribution in [-0.4, -0.2) is 69.7 Å². The summed E-state index contributed by atoms with van der Waals surface area (Å²) in [7, 11) is 2.06. The summed E-state index contributed by atoms with van der Waals surface area (Å²) in [6.07, 6.45) is 9.07. The van der Waals surface area contributed by atoms with Crippen LogP contribution in [0.15, 0.2) is 67.1 Å². The van der Waals surface area contributed by atoms with Crippen molar-refractivity contribution in [1.29, 1.82) is 0 Å². The van der Waals surface area contributed by atoms with Crippen molar-refractivity contribution in [2.45, 2.75) is 32.5 Å². The Morgan fingerprint density at radius 2 is 1.89 bits per heavy atom. The number of aliphatic hydroxyl groups is 1. The first-order valence-corrected chi connectivity index (χ1v) is 12.3. The van der Waals surface area contributed by atoms with E-state index in [-0.39, 0.29) is 30.6 Å². The number of benzene rings is 1. The van der Waals surface area contributed by atoms with Crippen molar-refractivity contribution in [2.75, 3.05) is 26.7 Å². The van der Waals surface area contributed by atoms with Gasteiger partial charge in [-0.1, -0.05) is 49.4 Å². The van der Waals surface area contributed by atoms with Gasteiger partial charge < -0.3 is 14.7 Å². The molecule has 36 heavy (non-hydrogen) atoms. The van der Waals surface area contributed by atoms with Gasteiger partial charge in [0.2, 0.25) is 5.88 Å². The third kappa shape index (κ3) is 6.36. The van der Waals surface area contributed by atoms with Crippen LogP contribution in [0.2, 0.25) is 0 Å². The summed E-state index contributed by atoms with van der Waals surface area (Å²) in [4.78, 5) is 26.2. The van der Waals surface area contributed by atoms with E-state index in [9.17, 15) is 9.90 Å². The molecule has 188 valence electrons. The normalized spacial score (nSPS) is 19.0. The molecule has 3 aromatic rings.